The zero-order valence-electron chi connectivity index (χ0n) is 15.0. The van der Waals surface area contributed by atoms with Crippen molar-refractivity contribution in [2.24, 2.45) is 0 Å². The van der Waals surface area contributed by atoms with Gasteiger partial charge in [-0.25, -0.2) is 0 Å². The second-order valence-corrected chi connectivity index (χ2v) is 7.72. The minimum atomic E-state index is -0.168. The van der Waals surface area contributed by atoms with E-state index in [-0.39, 0.29) is 5.91 Å². The molecule has 5 nitrogen and oxygen atoms in total. The maximum atomic E-state index is 12.4. The first-order valence-corrected chi connectivity index (χ1v) is 9.82. The Bertz CT molecular complexity index is 1120. The van der Waals surface area contributed by atoms with Gasteiger partial charge in [-0.15, -0.1) is 11.3 Å². The Morgan fingerprint density at radius 2 is 1.89 bits per heavy atom. The number of hydrogen-bond acceptors (Lipinski definition) is 5. The smallest absolute Gasteiger partial charge is 0.261 e. The first-order valence-electron chi connectivity index (χ1n) is 8.63. The molecule has 0 radical (unpaired) electrons. The first kappa shape index (κ1) is 18.4. The molecule has 2 aromatic carbocycles. The molecule has 140 valence electrons. The van der Waals surface area contributed by atoms with Crippen LogP contribution in [-0.2, 0) is 6.54 Å². The van der Waals surface area contributed by atoms with Crippen molar-refractivity contribution >= 4 is 28.8 Å². The van der Waals surface area contributed by atoms with E-state index in [1.54, 1.807) is 12.1 Å². The van der Waals surface area contributed by atoms with Crippen LogP contribution in [0.2, 0.25) is 5.02 Å². The van der Waals surface area contributed by atoms with Crippen molar-refractivity contribution in [2.45, 2.75) is 13.5 Å². The largest absolute Gasteiger partial charge is 0.347 e. The van der Waals surface area contributed by atoms with Crippen molar-refractivity contribution in [3.05, 3.63) is 81.7 Å². The molecule has 7 heteroatoms. The van der Waals surface area contributed by atoms with Crippen molar-refractivity contribution in [1.82, 2.24) is 15.5 Å². The number of nitrogens with one attached hydrogen (secondary N) is 1. The van der Waals surface area contributed by atoms with Gasteiger partial charge in [0.2, 0.25) is 5.82 Å². The summed E-state index contributed by atoms with van der Waals surface area (Å²) in [5.41, 5.74) is 2.89. The molecule has 0 unspecified atom stereocenters. The van der Waals surface area contributed by atoms with Gasteiger partial charge in [-0.1, -0.05) is 52.7 Å². The number of rotatable bonds is 5. The van der Waals surface area contributed by atoms with Crippen LogP contribution in [-0.4, -0.2) is 16.0 Å². The van der Waals surface area contributed by atoms with Gasteiger partial charge in [-0.2, -0.15) is 4.98 Å². The predicted molar refractivity (Wildman–Crippen MR) is 110 cm³/mol. The molecule has 0 aliphatic heterocycles. The van der Waals surface area contributed by atoms with Crippen LogP contribution in [0.15, 0.2) is 65.2 Å². The molecule has 0 aliphatic carbocycles. The van der Waals surface area contributed by atoms with Gasteiger partial charge in [0, 0.05) is 17.1 Å². The molecule has 2 aromatic heterocycles. The fourth-order valence-electron chi connectivity index (χ4n) is 2.62. The number of hydrogen-bond donors (Lipinski definition) is 1. The summed E-state index contributed by atoms with van der Waals surface area (Å²) in [6.45, 7) is 2.39. The Kier molecular flexibility index (Phi) is 5.23. The summed E-state index contributed by atoms with van der Waals surface area (Å²) in [4.78, 5) is 18.2. The van der Waals surface area contributed by atoms with Gasteiger partial charge in [0.15, 0.2) is 0 Å². The highest BCUT2D eigenvalue weighted by molar-refractivity contribution is 7.17. The van der Waals surface area contributed by atoms with Gasteiger partial charge in [0.1, 0.15) is 0 Å². The van der Waals surface area contributed by atoms with Crippen LogP contribution < -0.4 is 5.32 Å². The molecule has 0 atom stereocenters. The number of nitrogens with zero attached hydrogens (tertiary/aromatic N) is 2. The van der Waals surface area contributed by atoms with Crippen LogP contribution in [0.1, 0.15) is 20.8 Å². The zero-order valence-corrected chi connectivity index (χ0v) is 16.6. The van der Waals surface area contributed by atoms with Crippen molar-refractivity contribution in [3.63, 3.8) is 0 Å². The van der Waals surface area contributed by atoms with Crippen LogP contribution in [0, 0.1) is 6.92 Å². The fraction of sp³-hybridized carbons (Fsp3) is 0.0952. The number of aromatic nitrogens is 2. The predicted octanol–water partition coefficient (Wildman–Crippen LogP) is 5.36. The lowest BCUT2D eigenvalue weighted by Crippen LogP contribution is -2.21. The molecule has 1 amide bonds. The third-order valence-electron chi connectivity index (χ3n) is 4.17. The van der Waals surface area contributed by atoms with E-state index in [0.717, 1.165) is 21.6 Å². The highest BCUT2D eigenvalue weighted by Gasteiger charge is 2.15. The minimum Gasteiger partial charge on any atom is -0.347 e. The summed E-state index contributed by atoms with van der Waals surface area (Å²) in [6, 6.07) is 18.9. The molecule has 0 spiro atoms. The van der Waals surface area contributed by atoms with Crippen LogP contribution in [0.25, 0.3) is 22.2 Å². The highest BCUT2D eigenvalue weighted by atomic mass is 35.5. The van der Waals surface area contributed by atoms with E-state index in [0.29, 0.717) is 28.2 Å². The Hall–Kier alpha value is -2.96. The van der Waals surface area contributed by atoms with Crippen LogP contribution in [0.3, 0.4) is 0 Å². The number of aryl methyl sites for hydroxylation is 1. The summed E-state index contributed by atoms with van der Waals surface area (Å²) in [6.07, 6.45) is 0. The first-order chi connectivity index (χ1) is 13.6. The number of carbonyl (C=O) groups excluding carboxylic acids is 1. The summed E-state index contributed by atoms with van der Waals surface area (Å²) < 4.78 is 5.36. The van der Waals surface area contributed by atoms with Gasteiger partial charge in [-0.3, -0.25) is 4.79 Å². The van der Waals surface area contributed by atoms with Gasteiger partial charge >= 0.3 is 0 Å². The second-order valence-electron chi connectivity index (χ2n) is 6.23. The van der Waals surface area contributed by atoms with Gasteiger partial charge in [0.05, 0.1) is 9.75 Å². The molecule has 1 N–H and O–H groups in total. The standard InChI is InChI=1S/C21H16ClN3O2S/c1-13-6-8-14(9-7-13)21-24-19(25-27-21)17-10-11-18(28-17)20(26)23-12-15-4-2-3-5-16(15)22/h2-11H,12H2,1H3,(H,23,26). The lowest BCUT2D eigenvalue weighted by molar-refractivity contribution is 0.0955. The molecular formula is C21H16ClN3O2S. The van der Waals surface area contributed by atoms with Crippen molar-refractivity contribution in [1.29, 1.82) is 0 Å². The average molecular weight is 410 g/mol. The maximum Gasteiger partial charge on any atom is 0.261 e. The molecule has 4 aromatic rings. The number of halogens is 1. The molecular weight excluding hydrogens is 394 g/mol. The molecule has 0 fully saturated rings. The Morgan fingerprint density at radius 1 is 1.11 bits per heavy atom. The summed E-state index contributed by atoms with van der Waals surface area (Å²) in [5, 5.41) is 7.55. The topological polar surface area (TPSA) is 68.0 Å². The molecule has 0 aliphatic rings. The molecule has 28 heavy (non-hydrogen) atoms. The molecule has 4 rings (SSSR count). The normalized spacial score (nSPS) is 10.8. The summed E-state index contributed by atoms with van der Waals surface area (Å²) >= 11 is 7.44. The monoisotopic (exact) mass is 409 g/mol. The van der Waals surface area contributed by atoms with E-state index in [1.807, 2.05) is 55.5 Å². The average Bonchev–Trinajstić information content (AvgIpc) is 3.37. The van der Waals surface area contributed by atoms with E-state index in [2.05, 4.69) is 15.5 Å². The highest BCUT2D eigenvalue weighted by Crippen LogP contribution is 2.28. The van der Waals surface area contributed by atoms with Gasteiger partial charge in [0.25, 0.3) is 11.8 Å². The van der Waals surface area contributed by atoms with E-state index < -0.39 is 0 Å². The van der Waals surface area contributed by atoms with E-state index in [9.17, 15) is 4.79 Å². The number of benzene rings is 2. The van der Waals surface area contributed by atoms with Crippen LogP contribution in [0.5, 0.6) is 0 Å². The van der Waals surface area contributed by atoms with Gasteiger partial charge in [-0.05, 0) is 42.8 Å². The summed E-state index contributed by atoms with van der Waals surface area (Å²) in [5.74, 6) is 0.747. The maximum absolute atomic E-state index is 12.4. The van der Waals surface area contributed by atoms with Crippen molar-refractivity contribution < 1.29 is 9.32 Å². The Morgan fingerprint density at radius 3 is 2.68 bits per heavy atom. The van der Waals surface area contributed by atoms with E-state index >= 15 is 0 Å². The zero-order chi connectivity index (χ0) is 19.5. The molecule has 2 heterocycles. The fourth-order valence-corrected chi connectivity index (χ4v) is 3.67. The minimum absolute atomic E-state index is 0.168. The number of thiophene rings is 1. The van der Waals surface area contributed by atoms with E-state index in [1.165, 1.54) is 11.3 Å². The van der Waals surface area contributed by atoms with Crippen LogP contribution >= 0.6 is 22.9 Å². The third-order valence-corrected chi connectivity index (χ3v) is 5.62. The lowest BCUT2D eigenvalue weighted by atomic mass is 10.1. The second kappa shape index (κ2) is 7.96. The number of amides is 1. The third kappa shape index (κ3) is 3.98. The van der Waals surface area contributed by atoms with E-state index in [4.69, 9.17) is 16.1 Å². The van der Waals surface area contributed by atoms with Gasteiger partial charge < -0.3 is 9.84 Å². The summed E-state index contributed by atoms with van der Waals surface area (Å²) in [7, 11) is 0. The lowest BCUT2D eigenvalue weighted by Gasteiger charge is -2.05. The van der Waals surface area contributed by atoms with Crippen molar-refractivity contribution in [2.75, 3.05) is 0 Å². The molecule has 0 saturated carbocycles. The SMILES string of the molecule is Cc1ccc(-c2nc(-c3ccc(C(=O)NCc4ccccc4Cl)s3)no2)cc1. The Labute approximate surface area is 171 Å². The van der Waals surface area contributed by atoms with Crippen LogP contribution in [0.4, 0.5) is 0 Å². The van der Waals surface area contributed by atoms with Crippen molar-refractivity contribution in [3.8, 4) is 22.2 Å². The number of carbonyl (C=O) groups is 1. The quantitative estimate of drug-likeness (QED) is 0.482. The molecule has 0 saturated heterocycles. The Balaban J connectivity index is 1.46. The molecule has 0 bridgehead atoms.